The second-order valence-electron chi connectivity index (χ2n) is 6.22. The van der Waals surface area contributed by atoms with E-state index in [-0.39, 0.29) is 18.4 Å². The number of thiazole rings is 1. The van der Waals surface area contributed by atoms with E-state index in [4.69, 9.17) is 4.74 Å². The number of nitrogens with zero attached hydrogens (tertiary/aromatic N) is 2. The van der Waals surface area contributed by atoms with Gasteiger partial charge in [0.1, 0.15) is 9.88 Å². The van der Waals surface area contributed by atoms with E-state index in [2.05, 4.69) is 10.3 Å². The van der Waals surface area contributed by atoms with Crippen LogP contribution in [-0.4, -0.2) is 40.8 Å². The van der Waals surface area contributed by atoms with E-state index >= 15 is 0 Å². The highest BCUT2D eigenvalue weighted by atomic mass is 32.1. The van der Waals surface area contributed by atoms with Crippen LogP contribution >= 0.6 is 22.7 Å². The van der Waals surface area contributed by atoms with Crippen LogP contribution in [-0.2, 0) is 22.5 Å². The number of hydrogen-bond donors (Lipinski definition) is 1. The monoisotopic (exact) mass is 407 g/mol. The van der Waals surface area contributed by atoms with Gasteiger partial charge in [-0.2, -0.15) is 0 Å². The number of esters is 1. The fourth-order valence-corrected chi connectivity index (χ4v) is 5.14. The van der Waals surface area contributed by atoms with Crippen molar-refractivity contribution < 1.29 is 19.1 Å². The topological polar surface area (TPSA) is 88.6 Å². The van der Waals surface area contributed by atoms with Gasteiger partial charge < -0.3 is 15.0 Å². The van der Waals surface area contributed by atoms with Gasteiger partial charge in [0.05, 0.1) is 29.4 Å². The van der Waals surface area contributed by atoms with E-state index in [1.54, 1.807) is 18.7 Å². The third-order valence-corrected chi connectivity index (χ3v) is 6.52. The van der Waals surface area contributed by atoms with Gasteiger partial charge in [0.25, 0.3) is 5.91 Å². The predicted octanol–water partition coefficient (Wildman–Crippen LogP) is 3.16. The number of carbonyl (C=O) groups is 3. The van der Waals surface area contributed by atoms with Crippen molar-refractivity contribution in [3.8, 4) is 0 Å². The largest absolute Gasteiger partial charge is 0.462 e. The maximum absolute atomic E-state index is 12.7. The third-order valence-electron chi connectivity index (χ3n) is 4.32. The Hall–Kier alpha value is -2.26. The maximum Gasteiger partial charge on any atom is 0.341 e. The Morgan fingerprint density at radius 2 is 2.00 bits per heavy atom. The first-order valence-corrected chi connectivity index (χ1v) is 10.3. The average Bonchev–Trinajstić information content (AvgIpc) is 3.13. The summed E-state index contributed by atoms with van der Waals surface area (Å²) in [6.07, 6.45) is 0.564. The number of amides is 2. The summed E-state index contributed by atoms with van der Waals surface area (Å²) in [4.78, 5) is 44.4. The Kier molecular flexibility index (Phi) is 5.61. The van der Waals surface area contributed by atoms with E-state index in [1.807, 2.05) is 6.92 Å². The first kappa shape index (κ1) is 19.5. The molecule has 1 aliphatic heterocycles. The highest BCUT2D eigenvalue weighted by Gasteiger charge is 2.30. The summed E-state index contributed by atoms with van der Waals surface area (Å²) < 4.78 is 5.21. The van der Waals surface area contributed by atoms with Crippen LogP contribution in [0.5, 0.6) is 0 Å². The Morgan fingerprint density at radius 3 is 2.59 bits per heavy atom. The minimum absolute atomic E-state index is 0.00641. The lowest BCUT2D eigenvalue weighted by molar-refractivity contribution is -0.129. The number of carbonyl (C=O) groups excluding carboxylic acids is 3. The van der Waals surface area contributed by atoms with Gasteiger partial charge in [-0.25, -0.2) is 9.78 Å². The predicted molar refractivity (Wildman–Crippen MR) is 105 cm³/mol. The van der Waals surface area contributed by atoms with Crippen molar-refractivity contribution in [2.24, 2.45) is 0 Å². The van der Waals surface area contributed by atoms with Gasteiger partial charge in [-0.15, -0.1) is 22.7 Å². The molecule has 3 rings (SSSR count). The number of anilines is 1. The number of fused-ring (bicyclic) bond motifs is 1. The Balaban J connectivity index is 1.96. The molecule has 1 aliphatic rings. The van der Waals surface area contributed by atoms with Crippen LogP contribution in [0.3, 0.4) is 0 Å². The van der Waals surface area contributed by atoms with Gasteiger partial charge in [-0.05, 0) is 32.8 Å². The summed E-state index contributed by atoms with van der Waals surface area (Å²) in [5, 5.41) is 4.15. The minimum atomic E-state index is -0.446. The molecule has 0 bridgehead atoms. The first-order chi connectivity index (χ1) is 12.8. The van der Waals surface area contributed by atoms with Crippen molar-refractivity contribution in [2.75, 3.05) is 18.5 Å². The summed E-state index contributed by atoms with van der Waals surface area (Å²) in [5.41, 5.74) is 1.94. The normalized spacial score (nSPS) is 13.3. The van der Waals surface area contributed by atoms with Gasteiger partial charge in [0.2, 0.25) is 5.91 Å². The number of thiophene rings is 1. The van der Waals surface area contributed by atoms with E-state index in [1.165, 1.54) is 29.6 Å². The number of rotatable bonds is 4. The van der Waals surface area contributed by atoms with Gasteiger partial charge in [0.15, 0.2) is 0 Å². The molecule has 0 spiro atoms. The molecule has 0 radical (unpaired) electrons. The zero-order chi connectivity index (χ0) is 19.7. The molecule has 0 fully saturated rings. The molecule has 2 aromatic heterocycles. The minimum Gasteiger partial charge on any atom is -0.462 e. The average molecular weight is 408 g/mol. The summed E-state index contributed by atoms with van der Waals surface area (Å²) in [5.74, 6) is -0.738. The summed E-state index contributed by atoms with van der Waals surface area (Å²) in [6, 6.07) is 0. The number of aromatic nitrogens is 1. The molecule has 0 aromatic carbocycles. The summed E-state index contributed by atoms with van der Waals surface area (Å²) in [6.45, 7) is 8.15. The SMILES string of the molecule is CCOC(=O)c1c(NC(=O)c2sc(C)nc2C)sc2c1CCN(C(C)=O)C2. The van der Waals surface area contributed by atoms with Crippen LogP contribution in [0.2, 0.25) is 0 Å². The molecule has 0 atom stereocenters. The number of aryl methyl sites for hydroxylation is 2. The molecule has 0 unspecified atom stereocenters. The molecular formula is C18H21N3O4S2. The van der Waals surface area contributed by atoms with Crippen LogP contribution in [0.1, 0.15) is 55.0 Å². The molecular weight excluding hydrogens is 386 g/mol. The second kappa shape index (κ2) is 7.77. The van der Waals surface area contributed by atoms with Crippen molar-refractivity contribution in [2.45, 2.75) is 40.7 Å². The standard InChI is InChI=1S/C18H21N3O4S2/c1-5-25-18(24)14-12-6-7-21(11(4)22)8-13(12)27-17(14)20-16(23)15-9(2)19-10(3)26-15/h5-8H2,1-4H3,(H,20,23). The first-order valence-electron chi connectivity index (χ1n) is 8.64. The molecule has 0 saturated heterocycles. The fraction of sp³-hybridized carbons (Fsp3) is 0.444. The Morgan fingerprint density at radius 1 is 1.26 bits per heavy atom. The van der Waals surface area contributed by atoms with E-state index in [0.717, 1.165) is 15.4 Å². The zero-order valence-electron chi connectivity index (χ0n) is 15.7. The molecule has 2 aromatic rings. The highest BCUT2D eigenvalue weighted by molar-refractivity contribution is 7.17. The van der Waals surface area contributed by atoms with Gasteiger partial charge in [-0.1, -0.05) is 0 Å². The number of nitrogens with one attached hydrogen (secondary N) is 1. The van der Waals surface area contributed by atoms with Crippen molar-refractivity contribution in [1.82, 2.24) is 9.88 Å². The van der Waals surface area contributed by atoms with E-state index in [9.17, 15) is 14.4 Å². The van der Waals surface area contributed by atoms with Gasteiger partial charge >= 0.3 is 5.97 Å². The van der Waals surface area contributed by atoms with Crippen LogP contribution in [0.25, 0.3) is 0 Å². The molecule has 3 heterocycles. The highest BCUT2D eigenvalue weighted by Crippen LogP contribution is 2.38. The van der Waals surface area contributed by atoms with Crippen LogP contribution in [0, 0.1) is 13.8 Å². The fourth-order valence-electron chi connectivity index (χ4n) is 3.08. The Labute approximate surface area is 165 Å². The van der Waals surface area contributed by atoms with Crippen molar-refractivity contribution in [1.29, 1.82) is 0 Å². The maximum atomic E-state index is 12.7. The number of ether oxygens (including phenoxy) is 1. The smallest absolute Gasteiger partial charge is 0.341 e. The zero-order valence-corrected chi connectivity index (χ0v) is 17.3. The van der Waals surface area contributed by atoms with Crippen molar-refractivity contribution in [3.05, 3.63) is 31.6 Å². The molecule has 2 amide bonds. The van der Waals surface area contributed by atoms with Crippen LogP contribution in [0.4, 0.5) is 5.00 Å². The van der Waals surface area contributed by atoms with Crippen molar-refractivity contribution >= 4 is 45.5 Å². The molecule has 27 heavy (non-hydrogen) atoms. The molecule has 144 valence electrons. The second-order valence-corrected chi connectivity index (χ2v) is 8.53. The molecule has 1 N–H and O–H groups in total. The van der Waals surface area contributed by atoms with E-state index in [0.29, 0.717) is 40.6 Å². The molecule has 0 saturated carbocycles. The summed E-state index contributed by atoms with van der Waals surface area (Å²) >= 11 is 2.65. The lowest BCUT2D eigenvalue weighted by atomic mass is 10.0. The summed E-state index contributed by atoms with van der Waals surface area (Å²) in [7, 11) is 0. The van der Waals surface area contributed by atoms with Crippen LogP contribution < -0.4 is 5.32 Å². The quantitative estimate of drug-likeness (QED) is 0.787. The molecule has 0 aliphatic carbocycles. The molecule has 7 nitrogen and oxygen atoms in total. The van der Waals surface area contributed by atoms with Gasteiger partial charge in [0, 0.05) is 18.3 Å². The van der Waals surface area contributed by atoms with Crippen molar-refractivity contribution in [3.63, 3.8) is 0 Å². The Bertz CT molecular complexity index is 916. The number of hydrogen-bond acceptors (Lipinski definition) is 7. The lowest BCUT2D eigenvalue weighted by Gasteiger charge is -2.25. The van der Waals surface area contributed by atoms with Gasteiger partial charge in [-0.3, -0.25) is 9.59 Å². The molecule has 9 heteroatoms. The third kappa shape index (κ3) is 3.89. The van der Waals surface area contributed by atoms with Crippen LogP contribution in [0.15, 0.2) is 0 Å². The van der Waals surface area contributed by atoms with E-state index < -0.39 is 5.97 Å². The lowest BCUT2D eigenvalue weighted by Crippen LogP contribution is -2.34.